The van der Waals surface area contributed by atoms with E-state index in [0.717, 1.165) is 24.9 Å². The molecule has 0 aliphatic carbocycles. The van der Waals surface area contributed by atoms with Gasteiger partial charge in [-0.2, -0.15) is 10.4 Å². The van der Waals surface area contributed by atoms with Crippen LogP contribution in [0.4, 0.5) is 13.2 Å². The Morgan fingerprint density at radius 3 is 2.23 bits per heavy atom. The predicted molar refractivity (Wildman–Crippen MR) is 101 cm³/mol. The zero-order chi connectivity index (χ0) is 23.3. The van der Waals surface area contributed by atoms with Gasteiger partial charge in [-0.15, -0.1) is 13.2 Å². The third kappa shape index (κ3) is 3.64. The number of alkyl halides is 3. The summed E-state index contributed by atoms with van der Waals surface area (Å²) in [5.74, 6) is 0. The average Bonchev–Trinajstić information content (AvgIpc) is 3.10. The zero-order valence-corrected chi connectivity index (χ0v) is 16.7. The normalized spacial score (nSPS) is 12.0. The molecule has 0 spiro atoms. The minimum absolute atomic E-state index is 0.134. The number of nitriles is 1. The third-order valence-electron chi connectivity index (χ3n) is 4.47. The van der Waals surface area contributed by atoms with Crippen molar-refractivity contribution in [3.05, 3.63) is 62.6 Å². The van der Waals surface area contributed by atoms with Crippen molar-refractivity contribution in [1.29, 1.82) is 5.26 Å². The van der Waals surface area contributed by atoms with Crippen molar-refractivity contribution in [3.8, 4) is 23.0 Å². The number of hydrogen-bond donors (Lipinski definition) is 1. The summed E-state index contributed by atoms with van der Waals surface area (Å²) in [6.45, 7) is 0.856. The molecule has 0 radical (unpaired) electrons. The van der Waals surface area contributed by atoms with E-state index in [0.29, 0.717) is 0 Å². The lowest BCUT2D eigenvalue weighted by Gasteiger charge is -2.18. The molecule has 14 heteroatoms. The SMILES string of the molecule is Cc1c(-c2c(S(N)(=O)=O)cnn2-c2ccc(C#N)cc2)c(=O)n(C)c(=O)n1C(F)(F)F. The Kier molecular flexibility index (Phi) is 5.12. The molecule has 2 N–H and O–H groups in total. The molecule has 0 aliphatic heterocycles. The van der Waals surface area contributed by atoms with Crippen LogP contribution in [0.2, 0.25) is 0 Å². The van der Waals surface area contributed by atoms with E-state index in [-0.39, 0.29) is 15.8 Å². The highest BCUT2D eigenvalue weighted by molar-refractivity contribution is 7.89. The van der Waals surface area contributed by atoms with E-state index < -0.39 is 54.0 Å². The van der Waals surface area contributed by atoms with Gasteiger partial charge in [0.25, 0.3) is 5.56 Å². The molecule has 162 valence electrons. The number of hydrogen-bond acceptors (Lipinski definition) is 6. The van der Waals surface area contributed by atoms with Gasteiger partial charge >= 0.3 is 12.0 Å². The van der Waals surface area contributed by atoms with Crippen LogP contribution in [0, 0.1) is 18.3 Å². The van der Waals surface area contributed by atoms with Gasteiger partial charge in [0, 0.05) is 12.7 Å². The summed E-state index contributed by atoms with van der Waals surface area (Å²) in [7, 11) is -3.71. The predicted octanol–water partition coefficient (Wildman–Crippen LogP) is 0.704. The molecular formula is C17H13F3N6O4S. The molecule has 31 heavy (non-hydrogen) atoms. The van der Waals surface area contributed by atoms with Crippen LogP contribution in [0.15, 0.2) is 44.9 Å². The van der Waals surface area contributed by atoms with E-state index in [1.807, 2.05) is 6.07 Å². The standard InChI is InChI=1S/C17H13F3N6O4S/c1-9-13(15(27)24(2)16(28)25(9)17(18,19)20)14-12(31(22,29)30)8-23-26(14)11-5-3-10(7-21)4-6-11/h3-6,8H,1-2H3,(H2,22,29,30). The number of sulfonamides is 1. The maximum absolute atomic E-state index is 13.5. The Balaban J connectivity index is 2.53. The molecule has 0 atom stereocenters. The lowest BCUT2D eigenvalue weighted by molar-refractivity contribution is -0.208. The van der Waals surface area contributed by atoms with E-state index in [9.17, 15) is 31.2 Å². The number of benzene rings is 1. The fourth-order valence-electron chi connectivity index (χ4n) is 3.03. The molecule has 2 aromatic heterocycles. The van der Waals surface area contributed by atoms with Gasteiger partial charge in [0.05, 0.1) is 29.1 Å². The molecule has 10 nitrogen and oxygen atoms in total. The highest BCUT2D eigenvalue weighted by Gasteiger charge is 2.38. The Hall–Kier alpha value is -3.70. The number of nitrogens with two attached hydrogens (primary N) is 1. The Morgan fingerprint density at radius 1 is 1.16 bits per heavy atom. The number of halogens is 3. The second kappa shape index (κ2) is 7.22. The number of aromatic nitrogens is 4. The zero-order valence-electron chi connectivity index (χ0n) is 15.9. The van der Waals surface area contributed by atoms with Crippen molar-refractivity contribution >= 4 is 10.0 Å². The van der Waals surface area contributed by atoms with Crippen molar-refractivity contribution in [1.82, 2.24) is 18.9 Å². The molecule has 0 bridgehead atoms. The summed E-state index contributed by atoms with van der Waals surface area (Å²) in [4.78, 5) is 24.2. The van der Waals surface area contributed by atoms with Crippen LogP contribution in [0.25, 0.3) is 16.9 Å². The first-order valence-corrected chi connectivity index (χ1v) is 9.85. The minimum Gasteiger partial charge on any atom is -0.268 e. The molecule has 0 saturated carbocycles. The fourth-order valence-corrected chi connectivity index (χ4v) is 3.68. The van der Waals surface area contributed by atoms with E-state index >= 15 is 0 Å². The van der Waals surface area contributed by atoms with Crippen LogP contribution < -0.4 is 16.4 Å². The summed E-state index contributed by atoms with van der Waals surface area (Å²) < 4.78 is 65.4. The van der Waals surface area contributed by atoms with E-state index in [2.05, 4.69) is 5.10 Å². The highest BCUT2D eigenvalue weighted by atomic mass is 32.2. The van der Waals surface area contributed by atoms with E-state index in [1.54, 1.807) is 0 Å². The lowest BCUT2D eigenvalue weighted by atomic mass is 10.1. The van der Waals surface area contributed by atoms with Crippen LogP contribution >= 0.6 is 0 Å². The number of primary sulfonamides is 1. The van der Waals surface area contributed by atoms with Crippen molar-refractivity contribution in [2.24, 2.45) is 12.2 Å². The van der Waals surface area contributed by atoms with Gasteiger partial charge in [-0.3, -0.25) is 9.36 Å². The summed E-state index contributed by atoms with van der Waals surface area (Å²) in [6.07, 6.45) is -4.41. The molecular weight excluding hydrogens is 441 g/mol. The summed E-state index contributed by atoms with van der Waals surface area (Å²) in [5, 5.41) is 18.0. The maximum Gasteiger partial charge on any atom is 0.492 e. The molecule has 1 aromatic carbocycles. The molecule has 0 saturated heterocycles. The van der Waals surface area contributed by atoms with E-state index in [1.165, 1.54) is 24.3 Å². The van der Waals surface area contributed by atoms with Crippen molar-refractivity contribution < 1.29 is 21.6 Å². The smallest absolute Gasteiger partial charge is 0.268 e. The van der Waals surface area contributed by atoms with Gasteiger partial charge in [0.15, 0.2) is 0 Å². The first-order valence-electron chi connectivity index (χ1n) is 8.30. The summed E-state index contributed by atoms with van der Waals surface area (Å²) >= 11 is 0. The Bertz CT molecular complexity index is 1460. The Labute approximate surface area is 172 Å². The second-order valence-electron chi connectivity index (χ2n) is 6.38. The van der Waals surface area contributed by atoms with Crippen molar-refractivity contribution in [2.75, 3.05) is 0 Å². The molecule has 0 aliphatic rings. The molecule has 3 rings (SSSR count). The average molecular weight is 454 g/mol. The van der Waals surface area contributed by atoms with Gasteiger partial charge in [0.2, 0.25) is 10.0 Å². The first-order chi connectivity index (χ1) is 14.3. The first kappa shape index (κ1) is 22.0. The van der Waals surface area contributed by atoms with Crippen molar-refractivity contribution in [2.45, 2.75) is 18.1 Å². The molecule has 2 heterocycles. The Morgan fingerprint density at radius 2 is 1.74 bits per heavy atom. The molecule has 0 amide bonds. The number of rotatable bonds is 3. The highest BCUT2D eigenvalue weighted by Crippen LogP contribution is 2.31. The maximum atomic E-state index is 13.5. The quantitative estimate of drug-likeness (QED) is 0.617. The third-order valence-corrected chi connectivity index (χ3v) is 5.38. The molecule has 3 aromatic rings. The number of nitrogens with zero attached hydrogens (tertiary/aromatic N) is 5. The van der Waals surface area contributed by atoms with Crippen LogP contribution in [-0.4, -0.2) is 27.3 Å². The van der Waals surface area contributed by atoms with E-state index in [4.69, 9.17) is 10.4 Å². The molecule has 0 fully saturated rings. The lowest BCUT2D eigenvalue weighted by Crippen LogP contribution is -2.45. The fraction of sp³-hybridized carbons (Fsp3) is 0.176. The second-order valence-corrected chi connectivity index (χ2v) is 7.91. The van der Waals surface area contributed by atoms with Gasteiger partial charge < -0.3 is 0 Å². The van der Waals surface area contributed by atoms with Gasteiger partial charge in [-0.05, 0) is 31.2 Å². The van der Waals surface area contributed by atoms with Gasteiger partial charge in [0.1, 0.15) is 10.6 Å². The summed E-state index contributed by atoms with van der Waals surface area (Å²) in [5.41, 5.74) is -4.57. The van der Waals surface area contributed by atoms with Crippen LogP contribution in [0.3, 0.4) is 0 Å². The minimum atomic E-state index is -5.19. The largest absolute Gasteiger partial charge is 0.492 e. The van der Waals surface area contributed by atoms with Crippen LogP contribution in [-0.2, 0) is 23.4 Å². The molecule has 0 unspecified atom stereocenters. The van der Waals surface area contributed by atoms with Gasteiger partial charge in [-0.1, -0.05) is 0 Å². The monoisotopic (exact) mass is 454 g/mol. The van der Waals surface area contributed by atoms with Crippen LogP contribution in [0.1, 0.15) is 11.3 Å². The topological polar surface area (TPSA) is 146 Å². The van der Waals surface area contributed by atoms with Crippen molar-refractivity contribution in [3.63, 3.8) is 0 Å². The van der Waals surface area contributed by atoms with Gasteiger partial charge in [-0.25, -0.2) is 27.6 Å². The van der Waals surface area contributed by atoms with Crippen LogP contribution in [0.5, 0.6) is 0 Å². The summed E-state index contributed by atoms with van der Waals surface area (Å²) in [6, 6.07) is 7.29.